The van der Waals surface area contributed by atoms with Crippen molar-refractivity contribution in [1.82, 2.24) is 0 Å². The van der Waals surface area contributed by atoms with Gasteiger partial charge in [-0.2, -0.15) is 0 Å². The van der Waals surface area contributed by atoms with Crippen molar-refractivity contribution in [1.29, 1.82) is 0 Å². The lowest BCUT2D eigenvalue weighted by Crippen LogP contribution is -2.54. The third-order valence-corrected chi connectivity index (χ3v) is 2.82. The third-order valence-electron chi connectivity index (χ3n) is 1.57. The first-order valence-electron chi connectivity index (χ1n) is 2.62. The summed E-state index contributed by atoms with van der Waals surface area (Å²) in [6, 6.07) is 0. The third kappa shape index (κ3) is 0.987. The Kier molecular flexibility index (Phi) is 1.82. The number of ether oxygens (including phenoxy) is 1. The van der Waals surface area contributed by atoms with Crippen LogP contribution in [0.1, 0.15) is 6.92 Å². The predicted octanol–water partition coefficient (Wildman–Crippen LogP) is 1.92. The number of alkyl halides is 3. The average Bonchev–Trinajstić information content (AvgIpc) is 1.80. The van der Waals surface area contributed by atoms with Crippen molar-refractivity contribution in [2.24, 2.45) is 5.41 Å². The van der Waals surface area contributed by atoms with E-state index in [0.29, 0.717) is 0 Å². The minimum Gasteiger partial charge on any atom is -0.464 e. The minimum absolute atomic E-state index is 0.183. The molecule has 0 radical (unpaired) electrons. The Bertz CT molecular complexity index is 174. The van der Waals surface area contributed by atoms with E-state index in [1.807, 2.05) is 0 Å². The van der Waals surface area contributed by atoms with Crippen LogP contribution >= 0.6 is 34.8 Å². The molecular weight excluding hydrogens is 198 g/mol. The molecule has 0 spiro atoms. The zero-order valence-electron chi connectivity index (χ0n) is 5.16. The lowest BCUT2D eigenvalue weighted by molar-refractivity contribution is -0.182. The van der Waals surface area contributed by atoms with Gasteiger partial charge >= 0.3 is 5.97 Å². The summed E-state index contributed by atoms with van der Waals surface area (Å²) in [4.78, 5) is 10.7. The van der Waals surface area contributed by atoms with Gasteiger partial charge in [0.1, 0.15) is 12.0 Å². The molecule has 0 bridgehead atoms. The Hall–Kier alpha value is 0.340. The quantitative estimate of drug-likeness (QED) is 0.444. The molecule has 0 aromatic heterocycles. The molecule has 1 aliphatic heterocycles. The highest BCUT2D eigenvalue weighted by Gasteiger charge is 2.58. The number of halogens is 3. The largest absolute Gasteiger partial charge is 0.464 e. The van der Waals surface area contributed by atoms with Gasteiger partial charge in [0.05, 0.1) is 0 Å². The molecule has 0 aliphatic carbocycles. The monoisotopic (exact) mass is 202 g/mol. The first kappa shape index (κ1) is 8.44. The number of carbonyl (C=O) groups excluding carboxylic acids is 1. The van der Waals surface area contributed by atoms with Crippen LogP contribution < -0.4 is 0 Å². The molecule has 0 aromatic carbocycles. The molecule has 0 saturated carbocycles. The maximum atomic E-state index is 10.7. The molecule has 1 rings (SSSR count). The van der Waals surface area contributed by atoms with E-state index in [-0.39, 0.29) is 6.61 Å². The smallest absolute Gasteiger partial charge is 0.319 e. The topological polar surface area (TPSA) is 26.3 Å². The number of cyclic esters (lactones) is 1. The Balaban J connectivity index is 2.80. The van der Waals surface area contributed by atoms with Gasteiger partial charge in [-0.25, -0.2) is 0 Å². The normalized spacial score (nSPS) is 33.0. The van der Waals surface area contributed by atoms with Gasteiger partial charge in [0.15, 0.2) is 0 Å². The van der Waals surface area contributed by atoms with Gasteiger partial charge in [0.2, 0.25) is 3.79 Å². The first-order valence-corrected chi connectivity index (χ1v) is 3.75. The summed E-state index contributed by atoms with van der Waals surface area (Å²) in [5.74, 6) is -0.451. The fraction of sp³-hybridized carbons (Fsp3) is 0.800. The maximum absolute atomic E-state index is 10.7. The molecule has 0 N–H and O–H groups in total. The van der Waals surface area contributed by atoms with E-state index in [1.54, 1.807) is 6.92 Å². The lowest BCUT2D eigenvalue weighted by atomic mass is 9.90. The van der Waals surface area contributed by atoms with Crippen LogP contribution in [0.3, 0.4) is 0 Å². The Morgan fingerprint density at radius 2 is 2.10 bits per heavy atom. The fourth-order valence-corrected chi connectivity index (χ4v) is 0.940. The average molecular weight is 203 g/mol. The summed E-state index contributed by atoms with van der Waals surface area (Å²) in [5.41, 5.74) is -0.947. The molecule has 2 nitrogen and oxygen atoms in total. The minimum atomic E-state index is -1.55. The van der Waals surface area contributed by atoms with Crippen LogP contribution in [0.5, 0.6) is 0 Å². The summed E-state index contributed by atoms with van der Waals surface area (Å²) in [6.45, 7) is 1.74. The van der Waals surface area contributed by atoms with Crippen molar-refractivity contribution in [3.05, 3.63) is 0 Å². The summed E-state index contributed by atoms with van der Waals surface area (Å²) in [7, 11) is 0. The molecule has 1 fully saturated rings. The van der Waals surface area contributed by atoms with E-state index in [4.69, 9.17) is 34.8 Å². The highest BCUT2D eigenvalue weighted by atomic mass is 35.6. The molecule has 1 saturated heterocycles. The molecule has 58 valence electrons. The predicted molar refractivity (Wildman–Crippen MR) is 39.4 cm³/mol. The summed E-state index contributed by atoms with van der Waals surface area (Å²) in [5, 5.41) is 0. The molecule has 1 heterocycles. The van der Waals surface area contributed by atoms with Crippen LogP contribution in [0.25, 0.3) is 0 Å². The van der Waals surface area contributed by atoms with Crippen molar-refractivity contribution in [2.45, 2.75) is 10.7 Å². The molecule has 1 atom stereocenters. The van der Waals surface area contributed by atoms with Gasteiger partial charge in [0.25, 0.3) is 0 Å². The van der Waals surface area contributed by atoms with Crippen LogP contribution in [0, 0.1) is 5.41 Å². The number of carbonyl (C=O) groups is 1. The van der Waals surface area contributed by atoms with Gasteiger partial charge in [-0.1, -0.05) is 34.8 Å². The van der Waals surface area contributed by atoms with Crippen molar-refractivity contribution in [3.8, 4) is 0 Å². The number of rotatable bonds is 0. The standard InChI is InChI=1S/C5H5Cl3O2/c1-4(5(6,7)8)2-10-3(4)9/h2H2,1H3/t4-/m1/s1. The summed E-state index contributed by atoms with van der Waals surface area (Å²) >= 11 is 16.5. The Morgan fingerprint density at radius 1 is 1.60 bits per heavy atom. The van der Waals surface area contributed by atoms with Gasteiger partial charge < -0.3 is 4.74 Å². The molecule has 0 amide bonds. The van der Waals surface area contributed by atoms with Crippen molar-refractivity contribution in [3.63, 3.8) is 0 Å². The van der Waals surface area contributed by atoms with E-state index >= 15 is 0 Å². The van der Waals surface area contributed by atoms with Gasteiger partial charge in [-0.15, -0.1) is 0 Å². The SMILES string of the molecule is C[C@@]1(C(Cl)(Cl)Cl)COC1=O. The number of esters is 1. The van der Waals surface area contributed by atoms with Crippen LogP contribution in [0.4, 0.5) is 0 Å². The molecule has 5 heteroatoms. The second kappa shape index (κ2) is 2.16. The van der Waals surface area contributed by atoms with E-state index in [1.165, 1.54) is 0 Å². The first-order chi connectivity index (χ1) is 4.38. The zero-order valence-corrected chi connectivity index (χ0v) is 7.43. The lowest BCUT2D eigenvalue weighted by Gasteiger charge is -2.40. The van der Waals surface area contributed by atoms with Crippen LogP contribution in [-0.2, 0) is 9.53 Å². The zero-order chi connectivity index (χ0) is 7.99. The molecular formula is C5H5Cl3O2. The fourth-order valence-electron chi connectivity index (χ4n) is 0.545. The van der Waals surface area contributed by atoms with Gasteiger partial charge in [0, 0.05) is 0 Å². The second-order valence-electron chi connectivity index (χ2n) is 2.41. The van der Waals surface area contributed by atoms with E-state index in [2.05, 4.69) is 4.74 Å². The van der Waals surface area contributed by atoms with E-state index in [0.717, 1.165) is 0 Å². The van der Waals surface area contributed by atoms with Crippen LogP contribution in [0.2, 0.25) is 0 Å². The van der Waals surface area contributed by atoms with Crippen LogP contribution in [0.15, 0.2) is 0 Å². The number of hydrogen-bond donors (Lipinski definition) is 0. The number of hydrogen-bond acceptors (Lipinski definition) is 2. The van der Waals surface area contributed by atoms with Crippen molar-refractivity contribution < 1.29 is 9.53 Å². The molecule has 10 heavy (non-hydrogen) atoms. The Morgan fingerprint density at radius 3 is 2.10 bits per heavy atom. The van der Waals surface area contributed by atoms with E-state index < -0.39 is 15.2 Å². The van der Waals surface area contributed by atoms with Crippen LogP contribution in [-0.4, -0.2) is 16.4 Å². The highest BCUT2D eigenvalue weighted by molar-refractivity contribution is 6.69. The second-order valence-corrected chi connectivity index (χ2v) is 4.69. The highest BCUT2D eigenvalue weighted by Crippen LogP contribution is 2.49. The van der Waals surface area contributed by atoms with Gasteiger partial charge in [-0.3, -0.25) is 4.79 Å². The molecule has 1 aliphatic rings. The summed E-state index contributed by atoms with van der Waals surface area (Å²) in [6.07, 6.45) is 0. The van der Waals surface area contributed by atoms with E-state index in [9.17, 15) is 4.79 Å². The van der Waals surface area contributed by atoms with Gasteiger partial charge in [-0.05, 0) is 6.92 Å². The Labute approximate surface area is 73.4 Å². The maximum Gasteiger partial charge on any atom is 0.319 e. The van der Waals surface area contributed by atoms with Crippen molar-refractivity contribution >= 4 is 40.8 Å². The summed E-state index contributed by atoms with van der Waals surface area (Å²) < 4.78 is 2.93. The van der Waals surface area contributed by atoms with Crippen molar-refractivity contribution in [2.75, 3.05) is 6.61 Å². The molecule has 0 aromatic rings. The molecule has 0 unspecified atom stereocenters.